The molecule has 1 atom stereocenters. The molecule has 0 bridgehead atoms. The molecular weight excluding hydrogens is 452 g/mol. The monoisotopic (exact) mass is 486 g/mol. The molecule has 9 heteroatoms. The average Bonchev–Trinajstić information content (AvgIpc) is 2.86. The van der Waals surface area contributed by atoms with Crippen LogP contribution in [0.15, 0.2) is 48.5 Å². The topological polar surface area (TPSA) is 108 Å². The number of unbranched alkanes of at least 4 members (excludes halogenated alkanes) is 1. The van der Waals surface area contributed by atoms with E-state index in [2.05, 4.69) is 11.8 Å². The zero-order valence-electron chi connectivity index (χ0n) is 20.6. The van der Waals surface area contributed by atoms with Crippen molar-refractivity contribution in [2.24, 2.45) is 0 Å². The average molecular weight is 487 g/mol. The van der Waals surface area contributed by atoms with Crippen molar-refractivity contribution in [3.8, 4) is 5.75 Å². The fourth-order valence-corrected chi connectivity index (χ4v) is 3.58. The van der Waals surface area contributed by atoms with E-state index in [-0.39, 0.29) is 19.1 Å². The second-order valence-corrected chi connectivity index (χ2v) is 8.01. The zero-order valence-corrected chi connectivity index (χ0v) is 20.6. The molecule has 9 nitrogen and oxygen atoms in total. The van der Waals surface area contributed by atoms with E-state index in [1.54, 1.807) is 42.5 Å². The van der Waals surface area contributed by atoms with Gasteiger partial charge >= 0.3 is 11.9 Å². The molecule has 0 aliphatic rings. The van der Waals surface area contributed by atoms with Gasteiger partial charge in [-0.15, -0.1) is 10.1 Å². The Morgan fingerprint density at radius 1 is 1.03 bits per heavy atom. The van der Waals surface area contributed by atoms with E-state index in [4.69, 9.17) is 9.47 Å². The van der Waals surface area contributed by atoms with Gasteiger partial charge in [0, 0.05) is 5.56 Å². The van der Waals surface area contributed by atoms with E-state index in [9.17, 15) is 19.7 Å². The minimum absolute atomic E-state index is 0.0499. The molecule has 190 valence electrons. The van der Waals surface area contributed by atoms with Gasteiger partial charge in [-0.25, -0.2) is 4.79 Å². The number of rotatable bonds is 15. The number of ether oxygens (including phenoxy) is 2. The quantitative estimate of drug-likeness (QED) is 0.153. The van der Waals surface area contributed by atoms with Gasteiger partial charge in [0.05, 0.1) is 12.1 Å². The molecule has 2 aromatic carbocycles. The summed E-state index contributed by atoms with van der Waals surface area (Å²) >= 11 is 0. The summed E-state index contributed by atoms with van der Waals surface area (Å²) in [6, 6.07) is 13.7. The molecule has 0 saturated carbocycles. The van der Waals surface area contributed by atoms with E-state index < -0.39 is 17.2 Å². The van der Waals surface area contributed by atoms with Crippen molar-refractivity contribution in [2.45, 2.75) is 52.6 Å². The molecule has 2 rings (SSSR count). The van der Waals surface area contributed by atoms with Gasteiger partial charge in [-0.1, -0.05) is 57.5 Å². The fraction of sp³-hybridized carbons (Fsp3) is 0.462. The molecule has 0 amide bonds. The van der Waals surface area contributed by atoms with Crippen molar-refractivity contribution < 1.29 is 29.0 Å². The first-order valence-corrected chi connectivity index (χ1v) is 12.0. The molecule has 0 N–H and O–H groups in total. The molecule has 1 unspecified atom stereocenters. The Morgan fingerprint density at radius 2 is 1.71 bits per heavy atom. The zero-order chi connectivity index (χ0) is 25.6. The smallest absolute Gasteiger partial charge is 0.343 e. The highest BCUT2D eigenvalue weighted by Gasteiger charge is 2.24. The third kappa shape index (κ3) is 9.36. The third-order valence-electron chi connectivity index (χ3n) is 5.59. The first-order valence-electron chi connectivity index (χ1n) is 12.0. The number of hydrogen-bond acceptors (Lipinski definition) is 8. The minimum atomic E-state index is -0.831. The summed E-state index contributed by atoms with van der Waals surface area (Å²) in [5, 5.41) is 9.43. The second kappa shape index (κ2) is 14.7. The van der Waals surface area contributed by atoms with Crippen LogP contribution in [0.4, 0.5) is 0 Å². The highest BCUT2D eigenvalue weighted by atomic mass is 16.9. The van der Waals surface area contributed by atoms with E-state index in [1.807, 2.05) is 24.8 Å². The van der Waals surface area contributed by atoms with Crippen molar-refractivity contribution in [1.29, 1.82) is 0 Å². The second-order valence-electron chi connectivity index (χ2n) is 8.01. The van der Waals surface area contributed by atoms with Crippen LogP contribution in [-0.2, 0) is 20.8 Å². The normalized spacial score (nSPS) is 11.7. The summed E-state index contributed by atoms with van der Waals surface area (Å²) in [7, 11) is 0. The van der Waals surface area contributed by atoms with E-state index in [0.717, 1.165) is 31.5 Å². The maximum Gasteiger partial charge on any atom is 0.343 e. The Labute approximate surface area is 206 Å². The number of hydrogen-bond donors (Lipinski definition) is 0. The maximum absolute atomic E-state index is 13.0. The maximum atomic E-state index is 13.0. The van der Waals surface area contributed by atoms with E-state index in [0.29, 0.717) is 29.7 Å². The summed E-state index contributed by atoms with van der Waals surface area (Å²) < 4.78 is 11.4. The van der Waals surface area contributed by atoms with Crippen LogP contribution in [-0.4, -0.2) is 48.2 Å². The third-order valence-corrected chi connectivity index (χ3v) is 5.59. The highest BCUT2D eigenvalue weighted by molar-refractivity contribution is 5.93. The molecule has 0 aliphatic heterocycles. The van der Waals surface area contributed by atoms with Crippen LogP contribution in [0, 0.1) is 10.1 Å². The van der Waals surface area contributed by atoms with Crippen LogP contribution < -0.4 is 4.74 Å². The molecule has 0 fully saturated rings. The number of carbonyl (C=O) groups excluding carboxylic acids is 2. The van der Waals surface area contributed by atoms with Gasteiger partial charge < -0.3 is 14.3 Å². The fourth-order valence-electron chi connectivity index (χ4n) is 3.58. The van der Waals surface area contributed by atoms with Gasteiger partial charge in [-0.3, -0.25) is 9.69 Å². The predicted octanol–water partition coefficient (Wildman–Crippen LogP) is 4.77. The Bertz CT molecular complexity index is 958. The molecule has 35 heavy (non-hydrogen) atoms. The summed E-state index contributed by atoms with van der Waals surface area (Å²) in [6.45, 7) is 7.67. The van der Waals surface area contributed by atoms with Crippen LogP contribution in [0.1, 0.15) is 67.6 Å². The number of carbonyl (C=O) groups is 2. The Kier molecular flexibility index (Phi) is 11.7. The Hall–Kier alpha value is -3.46. The minimum Gasteiger partial charge on any atom is -0.457 e. The van der Waals surface area contributed by atoms with Crippen LogP contribution in [0.3, 0.4) is 0 Å². The van der Waals surface area contributed by atoms with Crippen molar-refractivity contribution in [3.05, 3.63) is 75.3 Å². The Balaban J connectivity index is 2.14. The number of benzene rings is 2. The van der Waals surface area contributed by atoms with Gasteiger partial charge in [0.15, 0.2) is 0 Å². The van der Waals surface area contributed by atoms with E-state index >= 15 is 0 Å². The molecule has 0 aliphatic carbocycles. The first kappa shape index (κ1) is 27.8. The number of likely N-dealkylation sites (N-methyl/N-ethyl adjacent to an activating group) is 1. The predicted molar refractivity (Wildman–Crippen MR) is 131 cm³/mol. The van der Waals surface area contributed by atoms with Crippen molar-refractivity contribution in [3.63, 3.8) is 0 Å². The Morgan fingerprint density at radius 3 is 2.34 bits per heavy atom. The van der Waals surface area contributed by atoms with Gasteiger partial charge in [-0.2, -0.15) is 0 Å². The lowest BCUT2D eigenvalue weighted by atomic mass is 9.98. The SMILES string of the molecule is CCCCC(OC(=O)CN(CC)CC)c1ccccc1C(=O)Oc1ccc(CCO[N+](=O)[O-])cc1. The van der Waals surface area contributed by atoms with Crippen LogP contribution in [0.5, 0.6) is 5.75 Å². The lowest BCUT2D eigenvalue weighted by Gasteiger charge is -2.23. The van der Waals surface area contributed by atoms with Crippen LogP contribution in [0.25, 0.3) is 0 Å². The molecule has 0 radical (unpaired) electrons. The van der Waals surface area contributed by atoms with Gasteiger partial charge in [0.1, 0.15) is 18.5 Å². The standard InChI is InChI=1S/C26H34N2O7/c1-4-7-12-24(35-25(29)19-27(5-2)6-3)22-10-8-9-11-23(22)26(30)34-21-15-13-20(14-16-21)17-18-33-28(31)32/h8-11,13-16,24H,4-7,12,17-19H2,1-3H3. The van der Waals surface area contributed by atoms with Crippen molar-refractivity contribution in [2.75, 3.05) is 26.2 Å². The molecule has 0 spiro atoms. The summed E-state index contributed by atoms with van der Waals surface area (Å²) in [5.41, 5.74) is 1.77. The van der Waals surface area contributed by atoms with Crippen LogP contribution >= 0.6 is 0 Å². The molecule has 0 saturated heterocycles. The van der Waals surface area contributed by atoms with Gasteiger partial charge in [0.2, 0.25) is 0 Å². The molecule has 0 heterocycles. The summed E-state index contributed by atoms with van der Waals surface area (Å²) in [5.74, 6) is -0.534. The van der Waals surface area contributed by atoms with Gasteiger partial charge in [-0.05, 0) is 56.1 Å². The molecular formula is C26H34N2O7. The first-order chi connectivity index (χ1) is 16.9. The number of nitrogens with zero attached hydrogens (tertiary/aromatic N) is 2. The molecule has 2 aromatic rings. The van der Waals surface area contributed by atoms with Crippen molar-refractivity contribution in [1.82, 2.24) is 4.90 Å². The van der Waals surface area contributed by atoms with Gasteiger partial charge in [0.25, 0.3) is 5.09 Å². The largest absolute Gasteiger partial charge is 0.457 e. The summed E-state index contributed by atoms with van der Waals surface area (Å²) in [6.07, 6.45) is 2.18. The van der Waals surface area contributed by atoms with Crippen molar-refractivity contribution >= 4 is 11.9 Å². The van der Waals surface area contributed by atoms with E-state index in [1.165, 1.54) is 0 Å². The van der Waals surface area contributed by atoms with Crippen LogP contribution in [0.2, 0.25) is 0 Å². The highest BCUT2D eigenvalue weighted by Crippen LogP contribution is 2.28. The lowest BCUT2D eigenvalue weighted by molar-refractivity contribution is -0.757. The molecule has 0 aromatic heterocycles. The number of esters is 2. The lowest BCUT2D eigenvalue weighted by Crippen LogP contribution is -2.31. The summed E-state index contributed by atoms with van der Waals surface area (Å²) in [4.78, 5) is 42.2.